The Bertz CT molecular complexity index is 2140. The highest BCUT2D eigenvalue weighted by Gasteiger charge is 2.23. The van der Waals surface area contributed by atoms with Crippen LogP contribution in [-0.4, -0.2) is 8.80 Å². The molecule has 0 saturated carbocycles. The summed E-state index contributed by atoms with van der Waals surface area (Å²) >= 11 is 13.7. The third-order valence-corrected chi connectivity index (χ3v) is 8.34. The van der Waals surface area contributed by atoms with Crippen molar-refractivity contribution in [3.8, 4) is 0 Å². The maximum Gasteiger partial charge on any atom is 0.0635 e. The van der Waals surface area contributed by atoms with Gasteiger partial charge in [0, 0.05) is 43.1 Å². The summed E-state index contributed by atoms with van der Waals surface area (Å²) in [6, 6.07) is 30.2. The Morgan fingerprint density at radius 2 is 0.882 bits per heavy atom. The van der Waals surface area contributed by atoms with Crippen molar-refractivity contribution in [3.63, 3.8) is 0 Å². The number of aromatic nitrogens is 2. The van der Waals surface area contributed by atoms with E-state index in [0.29, 0.717) is 0 Å². The van der Waals surface area contributed by atoms with Crippen LogP contribution in [0.4, 0.5) is 0 Å². The fraction of sp³-hybridized carbons (Fsp3) is 0. The molecule has 0 atom stereocenters. The number of benzene rings is 5. The molecule has 4 heterocycles. The molecule has 0 unspecified atom stereocenters. The molecule has 0 N–H and O–H groups in total. The van der Waals surface area contributed by atoms with Crippen molar-refractivity contribution in [2.24, 2.45) is 0 Å². The van der Waals surface area contributed by atoms with E-state index < -0.39 is 0 Å². The number of hydrogen-bond acceptors (Lipinski definition) is 0. The Hall–Kier alpha value is -3.72. The number of nitrogens with zero attached hydrogens (tertiary/aromatic N) is 2. The minimum absolute atomic E-state index is 0.780. The molecular weight excluding hydrogens is 459 g/mol. The monoisotopic (exact) mass is 472 g/mol. The number of fused-ring (bicyclic) bond motifs is 12. The first kappa shape index (κ1) is 17.7. The molecule has 5 aromatic carbocycles. The van der Waals surface area contributed by atoms with Gasteiger partial charge >= 0.3 is 0 Å². The second kappa shape index (κ2) is 5.67. The first-order valence-electron chi connectivity index (χ1n) is 11.4. The molecule has 0 radical (unpaired) electrons. The molecule has 0 spiro atoms. The SMILES string of the molecule is Clc1ccc2c3ccccc3n3c4cc5c(cc4c1c23)c1c(Cl)ccc2c3ccccc3n5c21. The third-order valence-electron chi connectivity index (χ3n) is 7.71. The van der Waals surface area contributed by atoms with Crippen molar-refractivity contribution >= 4 is 99.4 Å². The highest BCUT2D eigenvalue weighted by Crippen LogP contribution is 2.47. The quantitative estimate of drug-likeness (QED) is 0.208. The van der Waals surface area contributed by atoms with Crippen LogP contribution in [0.5, 0.6) is 0 Å². The van der Waals surface area contributed by atoms with Crippen molar-refractivity contribution < 1.29 is 0 Å². The molecule has 0 fully saturated rings. The summed E-state index contributed by atoms with van der Waals surface area (Å²) in [7, 11) is 0. The van der Waals surface area contributed by atoms with Gasteiger partial charge in [-0.05, 0) is 36.4 Å². The van der Waals surface area contributed by atoms with Crippen LogP contribution >= 0.6 is 23.2 Å². The molecule has 0 aliphatic rings. The van der Waals surface area contributed by atoms with E-state index in [2.05, 4.69) is 81.6 Å². The first-order valence-corrected chi connectivity index (χ1v) is 12.1. The van der Waals surface area contributed by atoms with Gasteiger partial charge in [-0.25, -0.2) is 0 Å². The topological polar surface area (TPSA) is 8.82 Å². The number of rotatable bonds is 0. The average molecular weight is 473 g/mol. The summed E-state index contributed by atoms with van der Waals surface area (Å²) in [4.78, 5) is 0. The van der Waals surface area contributed by atoms with Gasteiger partial charge in [0.25, 0.3) is 0 Å². The molecule has 0 amide bonds. The van der Waals surface area contributed by atoms with Gasteiger partial charge in [0.05, 0.1) is 43.1 Å². The van der Waals surface area contributed by atoms with Crippen LogP contribution in [0.1, 0.15) is 0 Å². The normalized spacial score (nSPS) is 13.0. The molecule has 34 heavy (non-hydrogen) atoms. The van der Waals surface area contributed by atoms with Gasteiger partial charge < -0.3 is 8.80 Å². The summed E-state index contributed by atoms with van der Waals surface area (Å²) < 4.78 is 4.77. The van der Waals surface area contributed by atoms with E-state index in [-0.39, 0.29) is 0 Å². The molecule has 4 heteroatoms. The summed E-state index contributed by atoms with van der Waals surface area (Å²) in [5.41, 5.74) is 7.13. The van der Waals surface area contributed by atoms with E-state index >= 15 is 0 Å². The zero-order chi connectivity index (χ0) is 22.3. The molecule has 0 bridgehead atoms. The zero-order valence-electron chi connectivity index (χ0n) is 17.7. The van der Waals surface area contributed by atoms with Crippen molar-refractivity contribution in [2.45, 2.75) is 0 Å². The summed E-state index contributed by atoms with van der Waals surface area (Å²) in [5.74, 6) is 0. The smallest absolute Gasteiger partial charge is 0.0635 e. The molecule has 2 nitrogen and oxygen atoms in total. The fourth-order valence-electron chi connectivity index (χ4n) is 6.43. The van der Waals surface area contributed by atoms with Gasteiger partial charge in [0.2, 0.25) is 0 Å². The second-order valence-electron chi connectivity index (χ2n) is 9.23. The van der Waals surface area contributed by atoms with Crippen molar-refractivity contribution in [1.29, 1.82) is 0 Å². The first-order chi connectivity index (χ1) is 16.7. The van der Waals surface area contributed by atoms with Crippen LogP contribution in [0.15, 0.2) is 84.9 Å². The maximum absolute atomic E-state index is 6.86. The lowest BCUT2D eigenvalue weighted by Crippen LogP contribution is -1.83. The summed E-state index contributed by atoms with van der Waals surface area (Å²) in [6.45, 7) is 0. The predicted octanol–water partition coefficient (Wildman–Crippen LogP) is 9.29. The number of para-hydroxylation sites is 2. The van der Waals surface area contributed by atoms with Gasteiger partial charge in [-0.3, -0.25) is 0 Å². The lowest BCUT2D eigenvalue weighted by molar-refractivity contribution is 1.35. The highest BCUT2D eigenvalue weighted by atomic mass is 35.5. The average Bonchev–Trinajstić information content (AvgIpc) is 3.56. The van der Waals surface area contributed by atoms with E-state index in [9.17, 15) is 0 Å². The van der Waals surface area contributed by atoms with E-state index in [0.717, 1.165) is 20.8 Å². The van der Waals surface area contributed by atoms with Crippen molar-refractivity contribution in [1.82, 2.24) is 8.80 Å². The van der Waals surface area contributed by atoms with Crippen molar-refractivity contribution in [2.75, 3.05) is 0 Å². The Morgan fingerprint density at radius 1 is 0.412 bits per heavy atom. The van der Waals surface area contributed by atoms with E-state index in [1.807, 2.05) is 12.1 Å². The van der Waals surface area contributed by atoms with Gasteiger partial charge in [0.1, 0.15) is 0 Å². The minimum atomic E-state index is 0.780. The Kier molecular flexibility index (Phi) is 2.95. The molecule has 4 aromatic heterocycles. The number of hydrogen-bond donors (Lipinski definition) is 0. The van der Waals surface area contributed by atoms with E-state index in [1.54, 1.807) is 0 Å². The van der Waals surface area contributed by atoms with Crippen LogP contribution in [0.25, 0.3) is 76.2 Å². The Balaban J connectivity index is 1.66. The van der Waals surface area contributed by atoms with Gasteiger partial charge in [-0.1, -0.05) is 71.7 Å². The molecule has 0 aliphatic carbocycles. The van der Waals surface area contributed by atoms with Crippen LogP contribution in [0, 0.1) is 0 Å². The number of halogens is 2. The Labute approximate surface area is 202 Å². The van der Waals surface area contributed by atoms with Crippen LogP contribution in [-0.2, 0) is 0 Å². The van der Waals surface area contributed by atoms with Crippen molar-refractivity contribution in [3.05, 3.63) is 95.0 Å². The third kappa shape index (κ3) is 1.80. The molecule has 9 rings (SSSR count). The summed E-state index contributed by atoms with van der Waals surface area (Å²) in [6.07, 6.45) is 0. The van der Waals surface area contributed by atoms with Gasteiger partial charge in [-0.15, -0.1) is 0 Å². The van der Waals surface area contributed by atoms with Crippen LogP contribution in [0.2, 0.25) is 10.0 Å². The lowest BCUT2D eigenvalue weighted by atomic mass is 10.0. The lowest BCUT2D eigenvalue weighted by Gasteiger charge is -2.02. The Morgan fingerprint density at radius 3 is 1.38 bits per heavy atom. The highest BCUT2D eigenvalue weighted by molar-refractivity contribution is 6.43. The van der Waals surface area contributed by atoms with Crippen LogP contribution in [0.3, 0.4) is 0 Å². The molecule has 0 saturated heterocycles. The zero-order valence-corrected chi connectivity index (χ0v) is 19.2. The molecule has 158 valence electrons. The molecular formula is C30H14Cl2N2. The fourth-order valence-corrected chi connectivity index (χ4v) is 6.94. The van der Waals surface area contributed by atoms with E-state index in [1.165, 1.54) is 65.4 Å². The largest absolute Gasteiger partial charge is 0.308 e. The van der Waals surface area contributed by atoms with Crippen LogP contribution < -0.4 is 0 Å². The molecule has 9 aromatic rings. The molecule has 0 aliphatic heterocycles. The minimum Gasteiger partial charge on any atom is -0.308 e. The predicted molar refractivity (Wildman–Crippen MR) is 146 cm³/mol. The summed E-state index contributed by atoms with van der Waals surface area (Å²) in [5, 5.41) is 11.1. The second-order valence-corrected chi connectivity index (χ2v) is 10.0. The van der Waals surface area contributed by atoms with Gasteiger partial charge in [0.15, 0.2) is 0 Å². The standard InChI is InChI=1S/C30H14Cl2N2/c31-21-11-9-17-15-5-1-3-7-23(15)33-25-14-26-20(13-19(25)27(21)29(17)33)28-22(32)12-10-18-16-6-2-4-8-24(16)34(26)30(18)28/h1-14H. The van der Waals surface area contributed by atoms with Gasteiger partial charge in [-0.2, -0.15) is 0 Å². The maximum atomic E-state index is 6.86. The van der Waals surface area contributed by atoms with E-state index in [4.69, 9.17) is 23.2 Å².